The topological polar surface area (TPSA) is 58.2 Å². The van der Waals surface area contributed by atoms with Gasteiger partial charge in [0.05, 0.1) is 5.56 Å². The monoisotopic (exact) mass is 270 g/mol. The molecule has 0 aliphatic carbocycles. The number of benzene rings is 1. The predicted octanol–water partition coefficient (Wildman–Crippen LogP) is 1.61. The SMILES string of the molecule is CCCNC(=O)C(C)NC(=O)c1ccc(F)cc1F. The van der Waals surface area contributed by atoms with Crippen LogP contribution in [0.1, 0.15) is 30.6 Å². The molecule has 2 amide bonds. The van der Waals surface area contributed by atoms with Crippen LogP contribution in [0.2, 0.25) is 0 Å². The van der Waals surface area contributed by atoms with Crippen molar-refractivity contribution in [3.8, 4) is 0 Å². The molecular weight excluding hydrogens is 254 g/mol. The van der Waals surface area contributed by atoms with E-state index in [1.54, 1.807) is 0 Å². The summed E-state index contributed by atoms with van der Waals surface area (Å²) in [7, 11) is 0. The van der Waals surface area contributed by atoms with Gasteiger partial charge in [-0.3, -0.25) is 9.59 Å². The van der Waals surface area contributed by atoms with Crippen LogP contribution < -0.4 is 10.6 Å². The first kappa shape index (κ1) is 15.1. The quantitative estimate of drug-likeness (QED) is 0.854. The molecule has 0 spiro atoms. The van der Waals surface area contributed by atoms with E-state index in [1.165, 1.54) is 6.92 Å². The van der Waals surface area contributed by atoms with Gasteiger partial charge in [-0.2, -0.15) is 0 Å². The molecule has 1 aromatic carbocycles. The molecule has 0 aliphatic heterocycles. The lowest BCUT2D eigenvalue weighted by Crippen LogP contribution is -2.45. The smallest absolute Gasteiger partial charge is 0.254 e. The largest absolute Gasteiger partial charge is 0.354 e. The van der Waals surface area contributed by atoms with Crippen LogP contribution >= 0.6 is 0 Å². The molecule has 0 fully saturated rings. The lowest BCUT2D eigenvalue weighted by Gasteiger charge is -2.14. The average molecular weight is 270 g/mol. The minimum Gasteiger partial charge on any atom is -0.354 e. The Kier molecular flexibility index (Phi) is 5.41. The first-order chi connectivity index (χ1) is 8.95. The Bertz CT molecular complexity index is 478. The zero-order valence-corrected chi connectivity index (χ0v) is 10.8. The zero-order chi connectivity index (χ0) is 14.4. The Labute approximate surface area is 110 Å². The van der Waals surface area contributed by atoms with E-state index in [4.69, 9.17) is 0 Å². The molecule has 19 heavy (non-hydrogen) atoms. The minimum atomic E-state index is -0.960. The van der Waals surface area contributed by atoms with E-state index in [2.05, 4.69) is 10.6 Å². The zero-order valence-electron chi connectivity index (χ0n) is 10.8. The molecule has 104 valence electrons. The van der Waals surface area contributed by atoms with Crippen LogP contribution in [0, 0.1) is 11.6 Å². The van der Waals surface area contributed by atoms with Crippen LogP contribution in [-0.2, 0) is 4.79 Å². The minimum absolute atomic E-state index is 0.295. The van der Waals surface area contributed by atoms with Crippen LogP contribution in [0.15, 0.2) is 18.2 Å². The van der Waals surface area contributed by atoms with Crippen molar-refractivity contribution >= 4 is 11.8 Å². The molecule has 0 saturated heterocycles. The second-order valence-corrected chi connectivity index (χ2v) is 4.11. The number of rotatable bonds is 5. The Morgan fingerprint density at radius 1 is 1.32 bits per heavy atom. The number of carbonyl (C=O) groups is 2. The lowest BCUT2D eigenvalue weighted by molar-refractivity contribution is -0.122. The van der Waals surface area contributed by atoms with E-state index in [9.17, 15) is 18.4 Å². The first-order valence-electron chi connectivity index (χ1n) is 5.99. The van der Waals surface area contributed by atoms with Crippen molar-refractivity contribution < 1.29 is 18.4 Å². The van der Waals surface area contributed by atoms with Crippen molar-refractivity contribution in [3.63, 3.8) is 0 Å². The Hall–Kier alpha value is -1.98. The van der Waals surface area contributed by atoms with Gasteiger partial charge in [0, 0.05) is 12.6 Å². The molecule has 2 N–H and O–H groups in total. The summed E-state index contributed by atoms with van der Waals surface area (Å²) in [4.78, 5) is 23.2. The fourth-order valence-electron chi connectivity index (χ4n) is 1.41. The van der Waals surface area contributed by atoms with Gasteiger partial charge in [-0.25, -0.2) is 8.78 Å². The van der Waals surface area contributed by atoms with Gasteiger partial charge in [0.2, 0.25) is 5.91 Å². The third-order valence-corrected chi connectivity index (χ3v) is 2.47. The van der Waals surface area contributed by atoms with Crippen molar-refractivity contribution in [2.24, 2.45) is 0 Å². The third kappa shape index (κ3) is 4.31. The number of amides is 2. The molecule has 0 saturated carbocycles. The van der Waals surface area contributed by atoms with Gasteiger partial charge in [0.15, 0.2) is 0 Å². The van der Waals surface area contributed by atoms with E-state index in [0.29, 0.717) is 12.6 Å². The summed E-state index contributed by atoms with van der Waals surface area (Å²) in [5.74, 6) is -2.82. The number of carbonyl (C=O) groups excluding carboxylic acids is 2. The van der Waals surface area contributed by atoms with E-state index in [-0.39, 0.29) is 11.5 Å². The van der Waals surface area contributed by atoms with E-state index >= 15 is 0 Å². The molecule has 1 unspecified atom stereocenters. The number of nitrogens with one attached hydrogen (secondary N) is 2. The van der Waals surface area contributed by atoms with Gasteiger partial charge >= 0.3 is 0 Å². The molecule has 0 heterocycles. The summed E-state index contributed by atoms with van der Waals surface area (Å²) in [5, 5.41) is 4.96. The highest BCUT2D eigenvalue weighted by atomic mass is 19.1. The van der Waals surface area contributed by atoms with E-state index < -0.39 is 23.6 Å². The normalized spacial score (nSPS) is 11.8. The molecule has 0 aromatic heterocycles. The Morgan fingerprint density at radius 2 is 2.00 bits per heavy atom. The van der Waals surface area contributed by atoms with Gasteiger partial charge in [-0.15, -0.1) is 0 Å². The predicted molar refractivity (Wildman–Crippen MR) is 66.6 cm³/mol. The van der Waals surface area contributed by atoms with Crippen molar-refractivity contribution in [2.75, 3.05) is 6.54 Å². The first-order valence-corrected chi connectivity index (χ1v) is 5.99. The van der Waals surface area contributed by atoms with Crippen LogP contribution in [0.3, 0.4) is 0 Å². The second-order valence-electron chi connectivity index (χ2n) is 4.11. The Balaban J connectivity index is 2.66. The molecule has 1 atom stereocenters. The van der Waals surface area contributed by atoms with Crippen LogP contribution in [0.5, 0.6) is 0 Å². The summed E-state index contributed by atoms with van der Waals surface area (Å²) in [6, 6.07) is 1.86. The molecule has 0 bridgehead atoms. The maximum absolute atomic E-state index is 13.4. The third-order valence-electron chi connectivity index (χ3n) is 2.47. The summed E-state index contributed by atoms with van der Waals surface area (Å²) in [6.07, 6.45) is 0.777. The fraction of sp³-hybridized carbons (Fsp3) is 0.385. The maximum atomic E-state index is 13.4. The van der Waals surface area contributed by atoms with Crippen molar-refractivity contribution in [1.82, 2.24) is 10.6 Å². The fourth-order valence-corrected chi connectivity index (χ4v) is 1.41. The molecule has 0 aliphatic rings. The van der Waals surface area contributed by atoms with Crippen LogP contribution in [0.25, 0.3) is 0 Å². The van der Waals surface area contributed by atoms with E-state index in [1.807, 2.05) is 6.92 Å². The standard InChI is InChI=1S/C13H16F2N2O2/c1-3-6-16-12(18)8(2)17-13(19)10-5-4-9(14)7-11(10)15/h4-5,7-8H,3,6H2,1-2H3,(H,16,18)(H,17,19). The molecule has 1 aromatic rings. The summed E-state index contributed by atoms with van der Waals surface area (Å²) in [5.41, 5.74) is -0.295. The second kappa shape index (κ2) is 6.82. The molecule has 4 nitrogen and oxygen atoms in total. The van der Waals surface area contributed by atoms with Gasteiger partial charge < -0.3 is 10.6 Å². The van der Waals surface area contributed by atoms with Gasteiger partial charge in [0.25, 0.3) is 5.91 Å². The van der Waals surface area contributed by atoms with Crippen molar-refractivity contribution in [2.45, 2.75) is 26.3 Å². The van der Waals surface area contributed by atoms with Crippen LogP contribution in [-0.4, -0.2) is 24.4 Å². The summed E-state index contributed by atoms with van der Waals surface area (Å²) >= 11 is 0. The highest BCUT2D eigenvalue weighted by Crippen LogP contribution is 2.09. The number of halogens is 2. The molecule has 1 rings (SSSR count). The highest BCUT2D eigenvalue weighted by Gasteiger charge is 2.18. The molecule has 6 heteroatoms. The average Bonchev–Trinajstić information content (AvgIpc) is 2.35. The van der Waals surface area contributed by atoms with E-state index in [0.717, 1.165) is 18.6 Å². The van der Waals surface area contributed by atoms with Gasteiger partial charge in [-0.05, 0) is 25.5 Å². The lowest BCUT2D eigenvalue weighted by atomic mass is 10.2. The van der Waals surface area contributed by atoms with Gasteiger partial charge in [0.1, 0.15) is 17.7 Å². The number of hydrogen-bond acceptors (Lipinski definition) is 2. The summed E-state index contributed by atoms with van der Waals surface area (Å²) < 4.78 is 26.1. The maximum Gasteiger partial charge on any atom is 0.254 e. The van der Waals surface area contributed by atoms with Crippen molar-refractivity contribution in [3.05, 3.63) is 35.4 Å². The Morgan fingerprint density at radius 3 is 2.58 bits per heavy atom. The van der Waals surface area contributed by atoms with Gasteiger partial charge in [-0.1, -0.05) is 6.92 Å². The molecular formula is C13H16F2N2O2. The highest BCUT2D eigenvalue weighted by molar-refractivity contribution is 5.97. The number of hydrogen-bond donors (Lipinski definition) is 2. The van der Waals surface area contributed by atoms with Crippen molar-refractivity contribution in [1.29, 1.82) is 0 Å². The molecule has 0 radical (unpaired) electrons. The summed E-state index contributed by atoms with van der Waals surface area (Å²) in [6.45, 7) is 3.89. The van der Waals surface area contributed by atoms with Crippen LogP contribution in [0.4, 0.5) is 8.78 Å².